The number of thiazole rings is 1. The molecular weight excluding hydrogens is 453 g/mol. The lowest BCUT2D eigenvalue weighted by Crippen LogP contribution is -2.22. The van der Waals surface area contributed by atoms with Crippen molar-refractivity contribution in [1.29, 1.82) is 0 Å². The standard InChI is InChI=1S/C22H19ClFN5O2S/c1-12-20(21(30)25-11-14-7-8-15(24)9-18(14)23)32-22(26-12)19-13(2)29(28-27-19)16-5-4-6-17(10-16)31-3/h4-10H,11H2,1-3H3,(H,25,30). The number of carbonyl (C=O) groups excluding carboxylic acids is 1. The molecule has 2 aromatic carbocycles. The van der Waals surface area contributed by atoms with Crippen molar-refractivity contribution in [2.45, 2.75) is 20.4 Å². The molecule has 32 heavy (non-hydrogen) atoms. The first kappa shape index (κ1) is 21.9. The minimum atomic E-state index is -0.426. The van der Waals surface area contributed by atoms with Gasteiger partial charge in [-0.15, -0.1) is 16.4 Å². The summed E-state index contributed by atoms with van der Waals surface area (Å²) in [5, 5.41) is 12.2. The summed E-state index contributed by atoms with van der Waals surface area (Å²) in [6.45, 7) is 3.83. The number of halogens is 2. The molecule has 7 nitrogen and oxygen atoms in total. The third-order valence-corrected chi connectivity index (χ3v) is 6.37. The second-order valence-corrected chi connectivity index (χ2v) is 8.39. The van der Waals surface area contributed by atoms with Crippen molar-refractivity contribution in [3.8, 4) is 22.1 Å². The summed E-state index contributed by atoms with van der Waals surface area (Å²) in [6, 6.07) is 11.6. The van der Waals surface area contributed by atoms with Crippen LogP contribution in [0.2, 0.25) is 5.02 Å². The van der Waals surface area contributed by atoms with E-state index < -0.39 is 5.82 Å². The van der Waals surface area contributed by atoms with Gasteiger partial charge in [-0.05, 0) is 43.7 Å². The van der Waals surface area contributed by atoms with Crippen LogP contribution in [0.5, 0.6) is 5.75 Å². The van der Waals surface area contributed by atoms with Gasteiger partial charge in [0.25, 0.3) is 5.91 Å². The zero-order valence-electron chi connectivity index (χ0n) is 17.5. The average Bonchev–Trinajstić information content (AvgIpc) is 3.35. The molecule has 4 aromatic rings. The predicted octanol–water partition coefficient (Wildman–Crippen LogP) is 4.74. The van der Waals surface area contributed by atoms with Gasteiger partial charge in [0.1, 0.15) is 27.1 Å². The Morgan fingerprint density at radius 3 is 2.81 bits per heavy atom. The minimum absolute atomic E-state index is 0.176. The largest absolute Gasteiger partial charge is 0.497 e. The number of hydrogen-bond donors (Lipinski definition) is 1. The van der Waals surface area contributed by atoms with Crippen molar-refractivity contribution in [2.24, 2.45) is 0 Å². The smallest absolute Gasteiger partial charge is 0.263 e. The lowest BCUT2D eigenvalue weighted by atomic mass is 10.2. The lowest BCUT2D eigenvalue weighted by molar-refractivity contribution is 0.0954. The van der Waals surface area contributed by atoms with Gasteiger partial charge < -0.3 is 10.1 Å². The van der Waals surface area contributed by atoms with Crippen LogP contribution in [0.1, 0.15) is 26.6 Å². The SMILES string of the molecule is COc1cccc(-n2nnc(-c3nc(C)c(C(=O)NCc4ccc(F)cc4Cl)s3)c2C)c1. The third kappa shape index (κ3) is 4.35. The quantitative estimate of drug-likeness (QED) is 0.439. The highest BCUT2D eigenvalue weighted by molar-refractivity contribution is 7.17. The van der Waals surface area contributed by atoms with Crippen LogP contribution in [0.3, 0.4) is 0 Å². The molecule has 0 aliphatic carbocycles. The van der Waals surface area contributed by atoms with Gasteiger partial charge in [0.15, 0.2) is 0 Å². The van der Waals surface area contributed by atoms with Crippen LogP contribution in [0.4, 0.5) is 4.39 Å². The number of carbonyl (C=O) groups is 1. The van der Waals surface area contributed by atoms with Gasteiger partial charge in [-0.2, -0.15) is 0 Å². The highest BCUT2D eigenvalue weighted by atomic mass is 35.5. The molecule has 0 saturated heterocycles. The number of benzene rings is 2. The monoisotopic (exact) mass is 471 g/mol. The molecule has 0 spiro atoms. The summed E-state index contributed by atoms with van der Waals surface area (Å²) in [5.41, 5.74) is 3.41. The van der Waals surface area contributed by atoms with E-state index in [1.54, 1.807) is 24.8 Å². The Labute approximate surface area is 192 Å². The number of aromatic nitrogens is 4. The Bertz CT molecular complexity index is 1300. The highest BCUT2D eigenvalue weighted by Gasteiger charge is 2.21. The number of nitrogens with one attached hydrogen (secondary N) is 1. The van der Waals surface area contributed by atoms with Crippen LogP contribution in [0.25, 0.3) is 16.4 Å². The van der Waals surface area contributed by atoms with Crippen LogP contribution in [-0.2, 0) is 6.54 Å². The van der Waals surface area contributed by atoms with Crippen LogP contribution in [0, 0.1) is 19.7 Å². The second kappa shape index (κ2) is 9.05. The van der Waals surface area contributed by atoms with E-state index >= 15 is 0 Å². The van der Waals surface area contributed by atoms with E-state index in [0.29, 0.717) is 32.6 Å². The maximum Gasteiger partial charge on any atom is 0.263 e. The van der Waals surface area contributed by atoms with Crippen LogP contribution >= 0.6 is 22.9 Å². The van der Waals surface area contributed by atoms with E-state index in [1.807, 2.05) is 31.2 Å². The van der Waals surface area contributed by atoms with Gasteiger partial charge in [0, 0.05) is 17.6 Å². The molecule has 0 aliphatic heterocycles. The fourth-order valence-corrected chi connectivity index (χ4v) is 4.40. The highest BCUT2D eigenvalue weighted by Crippen LogP contribution is 2.30. The first-order valence-electron chi connectivity index (χ1n) is 9.64. The molecule has 0 saturated carbocycles. The molecule has 2 heterocycles. The molecule has 0 aliphatic rings. The topological polar surface area (TPSA) is 81.9 Å². The molecule has 0 radical (unpaired) electrons. The molecule has 10 heteroatoms. The van der Waals surface area contributed by atoms with E-state index in [4.69, 9.17) is 16.3 Å². The summed E-state index contributed by atoms with van der Waals surface area (Å²) in [6.07, 6.45) is 0. The fraction of sp³-hybridized carbons (Fsp3) is 0.182. The number of ether oxygens (including phenoxy) is 1. The normalized spacial score (nSPS) is 10.9. The van der Waals surface area contributed by atoms with Crippen LogP contribution < -0.4 is 10.1 Å². The van der Waals surface area contributed by atoms with Crippen molar-refractivity contribution in [1.82, 2.24) is 25.3 Å². The molecule has 1 N–H and O–H groups in total. The van der Waals surface area contributed by atoms with E-state index in [-0.39, 0.29) is 17.5 Å². The zero-order valence-corrected chi connectivity index (χ0v) is 19.1. The van der Waals surface area contributed by atoms with Crippen molar-refractivity contribution >= 4 is 28.8 Å². The third-order valence-electron chi connectivity index (χ3n) is 4.85. The summed E-state index contributed by atoms with van der Waals surface area (Å²) >= 11 is 7.27. The average molecular weight is 472 g/mol. The van der Waals surface area contributed by atoms with Gasteiger partial charge in [0.2, 0.25) is 0 Å². The number of amides is 1. The Hall–Kier alpha value is -3.30. The Balaban J connectivity index is 1.55. The number of rotatable bonds is 6. The summed E-state index contributed by atoms with van der Waals surface area (Å²) in [4.78, 5) is 17.7. The van der Waals surface area contributed by atoms with E-state index in [1.165, 1.54) is 23.5 Å². The Morgan fingerprint density at radius 1 is 1.25 bits per heavy atom. The zero-order chi connectivity index (χ0) is 22.8. The molecule has 0 unspecified atom stereocenters. The van der Waals surface area contributed by atoms with Crippen LogP contribution in [-0.4, -0.2) is 33.0 Å². The van der Waals surface area contributed by atoms with E-state index in [0.717, 1.165) is 11.4 Å². The first-order chi connectivity index (χ1) is 15.4. The molecule has 0 atom stereocenters. The van der Waals surface area contributed by atoms with Gasteiger partial charge in [0.05, 0.1) is 24.2 Å². The first-order valence-corrected chi connectivity index (χ1v) is 10.8. The Kier molecular flexibility index (Phi) is 6.20. The number of aryl methyl sites for hydroxylation is 1. The van der Waals surface area contributed by atoms with Crippen molar-refractivity contribution in [3.05, 3.63) is 75.1 Å². The number of hydrogen-bond acceptors (Lipinski definition) is 6. The molecule has 4 rings (SSSR count). The van der Waals surface area contributed by atoms with Gasteiger partial charge >= 0.3 is 0 Å². The lowest BCUT2D eigenvalue weighted by Gasteiger charge is -2.06. The van der Waals surface area contributed by atoms with Crippen molar-refractivity contribution in [2.75, 3.05) is 7.11 Å². The van der Waals surface area contributed by atoms with Gasteiger partial charge in [-0.1, -0.05) is 28.9 Å². The van der Waals surface area contributed by atoms with Crippen LogP contribution in [0.15, 0.2) is 42.5 Å². The molecule has 2 aromatic heterocycles. The summed E-state index contributed by atoms with van der Waals surface area (Å²) in [5.74, 6) is -0.000812. The van der Waals surface area contributed by atoms with Crippen molar-refractivity contribution in [3.63, 3.8) is 0 Å². The molecule has 0 fully saturated rings. The molecule has 164 valence electrons. The minimum Gasteiger partial charge on any atom is -0.497 e. The molecule has 0 bridgehead atoms. The molecular formula is C22H19ClFN5O2S. The van der Waals surface area contributed by atoms with E-state index in [9.17, 15) is 9.18 Å². The maximum atomic E-state index is 13.2. The second-order valence-electron chi connectivity index (χ2n) is 6.99. The summed E-state index contributed by atoms with van der Waals surface area (Å²) in [7, 11) is 1.60. The molecule has 1 amide bonds. The number of nitrogens with zero attached hydrogens (tertiary/aromatic N) is 4. The Morgan fingerprint density at radius 2 is 2.06 bits per heavy atom. The van der Waals surface area contributed by atoms with Gasteiger partial charge in [-0.3, -0.25) is 4.79 Å². The number of methoxy groups -OCH3 is 1. The fourth-order valence-electron chi connectivity index (χ4n) is 3.14. The predicted molar refractivity (Wildman–Crippen MR) is 121 cm³/mol. The maximum absolute atomic E-state index is 13.2. The summed E-state index contributed by atoms with van der Waals surface area (Å²) < 4.78 is 20.2. The van der Waals surface area contributed by atoms with Crippen molar-refractivity contribution < 1.29 is 13.9 Å². The van der Waals surface area contributed by atoms with Gasteiger partial charge in [-0.25, -0.2) is 14.1 Å². The van der Waals surface area contributed by atoms with E-state index in [2.05, 4.69) is 20.6 Å².